The number of rotatable bonds is 4. The fourth-order valence-electron chi connectivity index (χ4n) is 4.20. The summed E-state index contributed by atoms with van der Waals surface area (Å²) in [5.41, 5.74) is 3.41. The second-order valence-electron chi connectivity index (χ2n) is 7.64. The first-order valence-electron chi connectivity index (χ1n) is 9.89. The summed E-state index contributed by atoms with van der Waals surface area (Å²) in [4.78, 5) is 7.01. The standard InChI is InChI=1S/C20H25N5O2/c1-14-7-9-25-15(12-21-18(25)11-14)13-24-8-3-2-5-16(24)19-22-23-20(27-19)17-6-4-10-26-17/h7,9,11-12,16-17H,2-6,8,10,13H2,1H3/t16-,17-/m1/s1. The summed E-state index contributed by atoms with van der Waals surface area (Å²) in [5.74, 6) is 1.36. The van der Waals surface area contributed by atoms with E-state index in [1.165, 1.54) is 24.1 Å². The number of ether oxygens (including phenoxy) is 1. The van der Waals surface area contributed by atoms with E-state index < -0.39 is 0 Å². The minimum Gasteiger partial charge on any atom is -0.421 e. The molecule has 7 heteroatoms. The lowest BCUT2D eigenvalue weighted by Crippen LogP contribution is -2.33. The highest BCUT2D eigenvalue weighted by Gasteiger charge is 2.31. The van der Waals surface area contributed by atoms with E-state index in [0.29, 0.717) is 5.89 Å². The Hall–Kier alpha value is -2.25. The van der Waals surface area contributed by atoms with Crippen LogP contribution in [0, 0.1) is 6.92 Å². The maximum atomic E-state index is 6.05. The third kappa shape index (κ3) is 3.26. The first kappa shape index (κ1) is 16.9. The van der Waals surface area contributed by atoms with E-state index in [2.05, 4.69) is 49.7 Å². The van der Waals surface area contributed by atoms with Gasteiger partial charge in [0.15, 0.2) is 0 Å². The first-order valence-corrected chi connectivity index (χ1v) is 9.89. The maximum Gasteiger partial charge on any atom is 0.245 e. The average Bonchev–Trinajstić information content (AvgIpc) is 3.43. The minimum absolute atomic E-state index is 0.0229. The SMILES string of the molecule is Cc1ccn2c(CN3CCCC[C@@H]3c3nnc([C@H]4CCCO4)o3)cnc2c1. The Bertz CT molecular complexity index is 927. The molecule has 5 heterocycles. The van der Waals surface area contributed by atoms with Crippen LogP contribution in [0.25, 0.3) is 5.65 Å². The molecule has 2 saturated heterocycles. The molecule has 0 radical (unpaired) electrons. The highest BCUT2D eigenvalue weighted by molar-refractivity contribution is 5.42. The van der Waals surface area contributed by atoms with Crippen LogP contribution in [0.4, 0.5) is 0 Å². The molecule has 3 aromatic rings. The number of hydrogen-bond donors (Lipinski definition) is 0. The molecule has 0 amide bonds. The van der Waals surface area contributed by atoms with Gasteiger partial charge in [0, 0.05) is 19.3 Å². The van der Waals surface area contributed by atoms with Gasteiger partial charge in [-0.1, -0.05) is 6.42 Å². The number of hydrogen-bond acceptors (Lipinski definition) is 6. The Kier molecular flexibility index (Phi) is 4.41. The molecule has 0 N–H and O–H groups in total. The van der Waals surface area contributed by atoms with Gasteiger partial charge in [0.25, 0.3) is 0 Å². The molecule has 2 fully saturated rings. The number of aromatic nitrogens is 4. The quantitative estimate of drug-likeness (QED) is 0.702. The molecular formula is C20H25N5O2. The molecule has 142 valence electrons. The Morgan fingerprint density at radius 1 is 1.15 bits per heavy atom. The Balaban J connectivity index is 1.38. The molecule has 0 aliphatic carbocycles. The molecule has 0 spiro atoms. The number of likely N-dealkylation sites (tertiary alicyclic amines) is 1. The van der Waals surface area contributed by atoms with Gasteiger partial charge in [0.2, 0.25) is 11.8 Å². The summed E-state index contributed by atoms with van der Waals surface area (Å²) in [6.07, 6.45) is 9.52. The predicted molar refractivity (Wildman–Crippen MR) is 99.2 cm³/mol. The maximum absolute atomic E-state index is 6.05. The number of nitrogens with zero attached hydrogens (tertiary/aromatic N) is 5. The number of fused-ring (bicyclic) bond motifs is 1. The topological polar surface area (TPSA) is 68.7 Å². The second-order valence-corrected chi connectivity index (χ2v) is 7.64. The van der Waals surface area contributed by atoms with Crippen molar-refractivity contribution in [2.45, 2.75) is 57.7 Å². The zero-order valence-corrected chi connectivity index (χ0v) is 15.7. The molecule has 27 heavy (non-hydrogen) atoms. The zero-order chi connectivity index (χ0) is 18.2. The van der Waals surface area contributed by atoms with Crippen molar-refractivity contribution < 1.29 is 9.15 Å². The van der Waals surface area contributed by atoms with Crippen LogP contribution in [0.2, 0.25) is 0 Å². The van der Waals surface area contributed by atoms with E-state index in [1.54, 1.807) is 0 Å². The van der Waals surface area contributed by atoms with Crippen LogP contribution in [-0.2, 0) is 11.3 Å². The summed E-state index contributed by atoms with van der Waals surface area (Å²) in [7, 11) is 0. The van der Waals surface area contributed by atoms with Crippen LogP contribution < -0.4 is 0 Å². The lowest BCUT2D eigenvalue weighted by molar-refractivity contribution is 0.0792. The summed E-state index contributed by atoms with van der Waals surface area (Å²) < 4.78 is 13.9. The lowest BCUT2D eigenvalue weighted by atomic mass is 10.0. The van der Waals surface area contributed by atoms with Crippen molar-refractivity contribution in [3.63, 3.8) is 0 Å². The van der Waals surface area contributed by atoms with Gasteiger partial charge in [-0.2, -0.15) is 0 Å². The van der Waals surface area contributed by atoms with Crippen LogP contribution in [0.15, 0.2) is 28.9 Å². The van der Waals surface area contributed by atoms with Crippen LogP contribution in [0.5, 0.6) is 0 Å². The number of piperidine rings is 1. The molecule has 7 nitrogen and oxygen atoms in total. The summed E-state index contributed by atoms with van der Waals surface area (Å²) in [6, 6.07) is 4.40. The Labute approximate surface area is 158 Å². The number of aryl methyl sites for hydroxylation is 1. The number of imidazole rings is 1. The van der Waals surface area contributed by atoms with Crippen LogP contribution in [0.1, 0.15) is 67.3 Å². The summed E-state index contributed by atoms with van der Waals surface area (Å²) >= 11 is 0. The van der Waals surface area contributed by atoms with Crippen LogP contribution in [0.3, 0.4) is 0 Å². The van der Waals surface area contributed by atoms with E-state index in [-0.39, 0.29) is 12.1 Å². The van der Waals surface area contributed by atoms with Gasteiger partial charge >= 0.3 is 0 Å². The molecule has 2 aliphatic rings. The minimum atomic E-state index is -0.0229. The number of pyridine rings is 1. The molecule has 0 saturated carbocycles. The van der Waals surface area contributed by atoms with Gasteiger partial charge in [-0.15, -0.1) is 10.2 Å². The molecule has 0 aromatic carbocycles. The molecule has 2 aliphatic heterocycles. The van der Waals surface area contributed by atoms with Crippen molar-refractivity contribution in [2.24, 2.45) is 0 Å². The molecule has 3 aromatic heterocycles. The zero-order valence-electron chi connectivity index (χ0n) is 15.7. The molecule has 0 bridgehead atoms. The normalized spacial score (nSPS) is 24.0. The summed E-state index contributed by atoms with van der Waals surface area (Å²) in [6.45, 7) is 4.73. The first-order chi connectivity index (χ1) is 13.3. The van der Waals surface area contributed by atoms with Crippen molar-refractivity contribution in [2.75, 3.05) is 13.2 Å². The lowest BCUT2D eigenvalue weighted by Gasteiger charge is -2.33. The monoisotopic (exact) mass is 367 g/mol. The third-order valence-electron chi connectivity index (χ3n) is 5.67. The second kappa shape index (κ2) is 7.05. The Morgan fingerprint density at radius 2 is 2.07 bits per heavy atom. The van der Waals surface area contributed by atoms with Crippen molar-refractivity contribution in [1.29, 1.82) is 0 Å². The summed E-state index contributed by atoms with van der Waals surface area (Å²) in [5, 5.41) is 8.66. The largest absolute Gasteiger partial charge is 0.421 e. The van der Waals surface area contributed by atoms with E-state index in [4.69, 9.17) is 9.15 Å². The van der Waals surface area contributed by atoms with Crippen molar-refractivity contribution in [1.82, 2.24) is 24.5 Å². The molecule has 0 unspecified atom stereocenters. The molecule has 5 rings (SSSR count). The van der Waals surface area contributed by atoms with Crippen LogP contribution >= 0.6 is 0 Å². The fraction of sp³-hybridized carbons (Fsp3) is 0.550. The predicted octanol–water partition coefficient (Wildman–Crippen LogP) is 3.60. The van der Waals surface area contributed by atoms with E-state index in [0.717, 1.165) is 50.5 Å². The fourth-order valence-corrected chi connectivity index (χ4v) is 4.20. The van der Waals surface area contributed by atoms with Crippen molar-refractivity contribution in [3.05, 3.63) is 47.6 Å². The van der Waals surface area contributed by atoms with E-state index in [9.17, 15) is 0 Å². The highest BCUT2D eigenvalue weighted by Crippen LogP contribution is 2.34. The molecular weight excluding hydrogens is 342 g/mol. The highest BCUT2D eigenvalue weighted by atomic mass is 16.5. The van der Waals surface area contributed by atoms with Crippen molar-refractivity contribution in [3.8, 4) is 0 Å². The third-order valence-corrected chi connectivity index (χ3v) is 5.67. The van der Waals surface area contributed by atoms with E-state index in [1.807, 2.05) is 6.20 Å². The smallest absolute Gasteiger partial charge is 0.245 e. The Morgan fingerprint density at radius 3 is 2.96 bits per heavy atom. The van der Waals surface area contributed by atoms with Gasteiger partial charge in [0.05, 0.1) is 17.9 Å². The van der Waals surface area contributed by atoms with Gasteiger partial charge < -0.3 is 13.6 Å². The van der Waals surface area contributed by atoms with Gasteiger partial charge in [-0.3, -0.25) is 4.90 Å². The van der Waals surface area contributed by atoms with Crippen LogP contribution in [-0.4, -0.2) is 37.6 Å². The van der Waals surface area contributed by atoms with Gasteiger partial charge in [-0.05, 0) is 56.8 Å². The van der Waals surface area contributed by atoms with E-state index >= 15 is 0 Å². The van der Waals surface area contributed by atoms with Crippen molar-refractivity contribution >= 4 is 5.65 Å². The van der Waals surface area contributed by atoms with Gasteiger partial charge in [-0.25, -0.2) is 4.98 Å². The van der Waals surface area contributed by atoms with Gasteiger partial charge in [0.1, 0.15) is 11.8 Å². The average molecular weight is 367 g/mol. The molecule has 2 atom stereocenters.